The van der Waals surface area contributed by atoms with Crippen LogP contribution in [0, 0.1) is 6.92 Å². The van der Waals surface area contributed by atoms with E-state index >= 15 is 0 Å². The lowest BCUT2D eigenvalue weighted by Crippen LogP contribution is -2.35. The molecule has 2 aromatic heterocycles. The van der Waals surface area contributed by atoms with Crippen LogP contribution in [0.25, 0.3) is 5.65 Å². The summed E-state index contributed by atoms with van der Waals surface area (Å²) in [6, 6.07) is 6.18. The molecule has 0 radical (unpaired) electrons. The SMILES string of the molecule is CCCCN(C(=O)c1cc(Cl)ccc1NS(C)(=O)=O)[C@@H](C)c1cc2nc(N3CC[C@H](N)C3)c(C)cn2n1.Cl. The minimum Gasteiger partial charge on any atom is -0.355 e. The highest BCUT2D eigenvalue weighted by Gasteiger charge is 2.28. The van der Waals surface area contributed by atoms with Crippen LogP contribution in [0.2, 0.25) is 5.02 Å². The molecule has 0 spiro atoms. The zero-order chi connectivity index (χ0) is 26.9. The number of sulfonamides is 1. The van der Waals surface area contributed by atoms with E-state index in [2.05, 4.69) is 9.62 Å². The Hall–Kier alpha value is -2.60. The van der Waals surface area contributed by atoms with Crippen LogP contribution >= 0.6 is 24.0 Å². The molecule has 38 heavy (non-hydrogen) atoms. The van der Waals surface area contributed by atoms with Crippen LogP contribution in [0.1, 0.15) is 60.8 Å². The number of benzene rings is 1. The van der Waals surface area contributed by atoms with E-state index in [0.29, 0.717) is 22.9 Å². The predicted octanol–water partition coefficient (Wildman–Crippen LogP) is 4.03. The minimum atomic E-state index is -3.60. The highest BCUT2D eigenvalue weighted by Crippen LogP contribution is 2.29. The number of hydrogen-bond acceptors (Lipinski definition) is 7. The molecule has 2 atom stereocenters. The highest BCUT2D eigenvalue weighted by atomic mass is 35.5. The Kier molecular flexibility index (Phi) is 9.51. The molecule has 0 unspecified atom stereocenters. The Morgan fingerprint density at radius 1 is 1.34 bits per heavy atom. The Labute approximate surface area is 235 Å². The molecule has 1 amide bonds. The number of aryl methyl sites for hydroxylation is 1. The van der Waals surface area contributed by atoms with Gasteiger partial charge >= 0.3 is 0 Å². The van der Waals surface area contributed by atoms with Gasteiger partial charge in [-0.05, 0) is 44.9 Å². The molecule has 3 N–H and O–H groups in total. The van der Waals surface area contributed by atoms with Crippen molar-refractivity contribution in [2.45, 2.75) is 52.1 Å². The van der Waals surface area contributed by atoms with Crippen molar-refractivity contribution < 1.29 is 13.2 Å². The lowest BCUT2D eigenvalue weighted by atomic mass is 10.1. The fourth-order valence-corrected chi connectivity index (χ4v) is 5.37. The van der Waals surface area contributed by atoms with E-state index in [0.717, 1.165) is 50.0 Å². The van der Waals surface area contributed by atoms with E-state index < -0.39 is 16.1 Å². The quantitative estimate of drug-likeness (QED) is 0.389. The number of anilines is 2. The molecule has 208 valence electrons. The maximum absolute atomic E-state index is 13.8. The van der Waals surface area contributed by atoms with Crippen LogP contribution in [-0.4, -0.2) is 65.8 Å². The Balaban J connectivity index is 0.00000400. The molecule has 1 saturated heterocycles. The van der Waals surface area contributed by atoms with Crippen LogP contribution in [0.5, 0.6) is 0 Å². The largest absolute Gasteiger partial charge is 0.355 e. The number of fused-ring (bicyclic) bond motifs is 1. The second-order valence-electron chi connectivity index (χ2n) is 9.71. The van der Waals surface area contributed by atoms with Crippen molar-refractivity contribution in [3.8, 4) is 0 Å². The third kappa shape index (κ3) is 6.69. The lowest BCUT2D eigenvalue weighted by Gasteiger charge is -2.29. The fraction of sp³-hybridized carbons (Fsp3) is 0.480. The molecule has 10 nitrogen and oxygen atoms in total. The molecule has 0 saturated carbocycles. The average molecular weight is 585 g/mol. The maximum atomic E-state index is 13.8. The number of rotatable bonds is 9. The van der Waals surface area contributed by atoms with E-state index in [1.165, 1.54) is 12.1 Å². The summed E-state index contributed by atoms with van der Waals surface area (Å²) in [5, 5.41) is 5.08. The summed E-state index contributed by atoms with van der Waals surface area (Å²) in [4.78, 5) is 22.6. The first-order valence-electron chi connectivity index (χ1n) is 12.4. The van der Waals surface area contributed by atoms with Crippen LogP contribution in [-0.2, 0) is 10.0 Å². The van der Waals surface area contributed by atoms with Gasteiger partial charge in [-0.25, -0.2) is 17.9 Å². The van der Waals surface area contributed by atoms with Crippen LogP contribution in [0.3, 0.4) is 0 Å². The Morgan fingerprint density at radius 3 is 2.71 bits per heavy atom. The maximum Gasteiger partial charge on any atom is 0.256 e. The Bertz CT molecular complexity index is 1410. The molecule has 1 aliphatic heterocycles. The molecule has 1 fully saturated rings. The second kappa shape index (κ2) is 12.1. The second-order valence-corrected chi connectivity index (χ2v) is 11.9. The molecule has 3 heterocycles. The third-order valence-corrected chi connectivity index (χ3v) is 7.39. The van der Waals surface area contributed by atoms with E-state index in [-0.39, 0.29) is 35.6 Å². The monoisotopic (exact) mass is 583 g/mol. The van der Waals surface area contributed by atoms with Crippen molar-refractivity contribution in [3.05, 3.63) is 52.3 Å². The number of amides is 1. The summed E-state index contributed by atoms with van der Waals surface area (Å²) in [5.41, 5.74) is 8.85. The standard InChI is InChI=1S/C25H34ClN7O3S.ClH/c1-5-6-10-32(25(34)20-12-18(26)7-8-21(20)30-37(4,35)36)17(3)22-13-23-28-24(16(2)14-33(23)29-22)31-11-9-19(27)15-31;/h7-8,12-14,17,19,30H,5-6,9-11,15,27H2,1-4H3;1H/t17-,19-;/m0./s1. The lowest BCUT2D eigenvalue weighted by molar-refractivity contribution is 0.0685. The smallest absolute Gasteiger partial charge is 0.256 e. The van der Waals surface area contributed by atoms with Crippen molar-refractivity contribution in [3.63, 3.8) is 0 Å². The van der Waals surface area contributed by atoms with E-state index in [4.69, 9.17) is 27.4 Å². The van der Waals surface area contributed by atoms with Crippen molar-refractivity contribution in [2.75, 3.05) is 35.5 Å². The van der Waals surface area contributed by atoms with E-state index in [1.54, 1.807) is 15.5 Å². The van der Waals surface area contributed by atoms with E-state index in [1.807, 2.05) is 33.0 Å². The highest BCUT2D eigenvalue weighted by molar-refractivity contribution is 7.92. The summed E-state index contributed by atoms with van der Waals surface area (Å²) in [5.74, 6) is 0.566. The molecular weight excluding hydrogens is 549 g/mol. The molecule has 0 bridgehead atoms. The summed E-state index contributed by atoms with van der Waals surface area (Å²) < 4.78 is 28.0. The number of halogens is 2. The van der Waals surface area contributed by atoms with Gasteiger partial charge in [-0.2, -0.15) is 5.10 Å². The first-order chi connectivity index (χ1) is 17.5. The van der Waals surface area contributed by atoms with Crippen molar-refractivity contribution >= 4 is 57.1 Å². The fourth-order valence-electron chi connectivity index (χ4n) is 4.62. The number of nitrogens with one attached hydrogen (secondary N) is 1. The number of unbranched alkanes of at least 4 members (excludes halogenated alkanes) is 1. The summed E-state index contributed by atoms with van der Waals surface area (Å²) >= 11 is 6.20. The molecule has 1 aromatic carbocycles. The first-order valence-corrected chi connectivity index (χ1v) is 14.7. The van der Waals surface area contributed by atoms with Crippen molar-refractivity contribution in [1.82, 2.24) is 19.5 Å². The Morgan fingerprint density at radius 2 is 2.08 bits per heavy atom. The number of hydrogen-bond donors (Lipinski definition) is 2. The summed E-state index contributed by atoms with van der Waals surface area (Å²) in [6.45, 7) is 8.07. The predicted molar refractivity (Wildman–Crippen MR) is 154 cm³/mol. The average Bonchev–Trinajstić information content (AvgIpc) is 3.44. The number of aromatic nitrogens is 3. The van der Waals surface area contributed by atoms with Gasteiger partial charge in [-0.15, -0.1) is 12.4 Å². The number of carbonyl (C=O) groups is 1. The molecule has 13 heteroatoms. The number of carbonyl (C=O) groups excluding carboxylic acids is 1. The van der Waals surface area contributed by atoms with Gasteiger partial charge in [0, 0.05) is 48.5 Å². The normalized spacial score (nSPS) is 16.4. The van der Waals surface area contributed by atoms with Gasteiger partial charge in [0.15, 0.2) is 5.65 Å². The van der Waals surface area contributed by atoms with Gasteiger partial charge in [-0.3, -0.25) is 9.52 Å². The van der Waals surface area contributed by atoms with Gasteiger partial charge in [-0.1, -0.05) is 24.9 Å². The zero-order valence-electron chi connectivity index (χ0n) is 22.0. The number of nitrogens with zero attached hydrogens (tertiary/aromatic N) is 5. The van der Waals surface area contributed by atoms with Gasteiger partial charge in [0.05, 0.1) is 29.2 Å². The molecule has 0 aliphatic carbocycles. The van der Waals surface area contributed by atoms with E-state index in [9.17, 15) is 13.2 Å². The van der Waals surface area contributed by atoms with Gasteiger partial charge < -0.3 is 15.5 Å². The molecule has 4 rings (SSSR count). The zero-order valence-corrected chi connectivity index (χ0v) is 24.4. The van der Waals surface area contributed by atoms with Crippen LogP contribution in [0.4, 0.5) is 11.5 Å². The van der Waals surface area contributed by atoms with Crippen molar-refractivity contribution in [1.29, 1.82) is 0 Å². The first kappa shape index (κ1) is 29.9. The molecule has 1 aliphatic rings. The topological polar surface area (TPSA) is 126 Å². The van der Waals surface area contributed by atoms with Crippen molar-refractivity contribution in [2.24, 2.45) is 5.73 Å². The van der Waals surface area contributed by atoms with Gasteiger partial charge in [0.1, 0.15) is 5.82 Å². The van der Waals surface area contributed by atoms with Crippen LogP contribution in [0.15, 0.2) is 30.5 Å². The molecular formula is C25H35Cl2N7O3S. The van der Waals surface area contributed by atoms with Crippen LogP contribution < -0.4 is 15.4 Å². The number of nitrogens with two attached hydrogens (primary N) is 1. The summed E-state index contributed by atoms with van der Waals surface area (Å²) in [7, 11) is -3.60. The molecule has 3 aromatic rings. The van der Waals surface area contributed by atoms with Gasteiger partial charge in [0.25, 0.3) is 5.91 Å². The third-order valence-electron chi connectivity index (χ3n) is 6.56. The van der Waals surface area contributed by atoms with Gasteiger partial charge in [0.2, 0.25) is 10.0 Å². The minimum absolute atomic E-state index is 0. The summed E-state index contributed by atoms with van der Waals surface area (Å²) in [6.07, 6.45) is 5.58.